The summed E-state index contributed by atoms with van der Waals surface area (Å²) in [7, 11) is 0. The van der Waals surface area contributed by atoms with Crippen LogP contribution in [0.2, 0.25) is 0 Å². The predicted molar refractivity (Wildman–Crippen MR) is 302 cm³/mol. The molecule has 400 valence electrons. The fraction of sp³-hybridized carbons (Fsp3) is 0.703. The standard InChI is InChI=1S/C64H108O6/c1-4-7-10-13-16-19-22-25-27-29-30-31-32-33-34-36-37-39-42-45-48-51-54-57-63(66)69-60-61(59-68-62(65)56-53-50-47-44-41-24-21-18-15-12-9-6-3)70-64(67)58-55-52-49-46-43-40-38-35-28-26-23-20-17-14-11-8-5-2/h7,10,16,18-19,21,25-28,30-31,33-34,37,39,61H,4-6,8-9,11-15,17,20,22-24,29,32,35-36,38,40-60H2,1-3H3/b10-7-,19-16-,21-18-,27-25-,28-26-,31-30-,34-33-,39-37-. The first kappa shape index (κ1) is 66.3. The van der Waals surface area contributed by atoms with Gasteiger partial charge in [0.1, 0.15) is 13.2 Å². The number of carbonyl (C=O) groups is 3. The van der Waals surface area contributed by atoms with Crippen LogP contribution < -0.4 is 0 Å². The maximum atomic E-state index is 12.9. The molecule has 0 radical (unpaired) electrons. The van der Waals surface area contributed by atoms with Gasteiger partial charge in [0, 0.05) is 19.3 Å². The van der Waals surface area contributed by atoms with Gasteiger partial charge in [-0.3, -0.25) is 14.4 Å². The summed E-state index contributed by atoms with van der Waals surface area (Å²) in [5, 5.41) is 0. The van der Waals surface area contributed by atoms with Gasteiger partial charge in [0.05, 0.1) is 0 Å². The van der Waals surface area contributed by atoms with Gasteiger partial charge in [-0.05, 0) is 122 Å². The second kappa shape index (κ2) is 57.9. The van der Waals surface area contributed by atoms with Gasteiger partial charge >= 0.3 is 17.9 Å². The van der Waals surface area contributed by atoms with Gasteiger partial charge in [0.15, 0.2) is 6.10 Å². The molecule has 0 aromatic heterocycles. The fourth-order valence-electron chi connectivity index (χ4n) is 7.91. The number of hydrogen-bond donors (Lipinski definition) is 0. The molecular formula is C64H108O6. The molecule has 0 amide bonds. The lowest BCUT2D eigenvalue weighted by atomic mass is 10.1. The summed E-state index contributed by atoms with van der Waals surface area (Å²) < 4.78 is 16.8. The molecule has 0 aromatic rings. The summed E-state index contributed by atoms with van der Waals surface area (Å²) >= 11 is 0. The molecule has 0 N–H and O–H groups in total. The van der Waals surface area contributed by atoms with Gasteiger partial charge in [-0.1, -0.05) is 227 Å². The van der Waals surface area contributed by atoms with Crippen molar-refractivity contribution in [2.24, 2.45) is 0 Å². The Morgan fingerprint density at radius 1 is 0.300 bits per heavy atom. The molecule has 0 saturated carbocycles. The van der Waals surface area contributed by atoms with Crippen LogP contribution in [0.3, 0.4) is 0 Å². The molecule has 0 saturated heterocycles. The van der Waals surface area contributed by atoms with Crippen molar-refractivity contribution < 1.29 is 28.6 Å². The maximum Gasteiger partial charge on any atom is 0.306 e. The Bertz CT molecular complexity index is 1400. The van der Waals surface area contributed by atoms with E-state index < -0.39 is 6.10 Å². The van der Waals surface area contributed by atoms with Crippen LogP contribution in [0.4, 0.5) is 0 Å². The van der Waals surface area contributed by atoms with E-state index in [-0.39, 0.29) is 31.1 Å². The molecule has 1 atom stereocenters. The molecule has 0 aliphatic rings. The van der Waals surface area contributed by atoms with E-state index in [4.69, 9.17) is 14.2 Å². The summed E-state index contributed by atoms with van der Waals surface area (Å²) in [6.45, 7) is 6.47. The zero-order chi connectivity index (χ0) is 50.7. The van der Waals surface area contributed by atoms with Crippen LogP contribution >= 0.6 is 0 Å². The highest BCUT2D eigenvalue weighted by Crippen LogP contribution is 2.14. The first-order chi connectivity index (χ1) is 34.5. The number of allylic oxidation sites excluding steroid dienone is 16. The molecule has 0 fully saturated rings. The monoisotopic (exact) mass is 973 g/mol. The van der Waals surface area contributed by atoms with Gasteiger partial charge in [-0.15, -0.1) is 0 Å². The Morgan fingerprint density at radius 2 is 0.557 bits per heavy atom. The summed E-state index contributed by atoms with van der Waals surface area (Å²) in [5.41, 5.74) is 0. The van der Waals surface area contributed by atoms with Crippen LogP contribution in [0.15, 0.2) is 97.2 Å². The lowest BCUT2D eigenvalue weighted by Crippen LogP contribution is -2.30. The van der Waals surface area contributed by atoms with E-state index in [2.05, 4.69) is 118 Å². The molecule has 0 aromatic carbocycles. The molecule has 0 bridgehead atoms. The summed E-state index contributed by atoms with van der Waals surface area (Å²) in [5.74, 6) is -0.927. The first-order valence-electron chi connectivity index (χ1n) is 29.2. The number of unbranched alkanes of at least 4 members (excludes halogenated alkanes) is 25. The molecule has 0 spiro atoms. The van der Waals surface area contributed by atoms with E-state index in [1.807, 2.05) is 0 Å². The average Bonchev–Trinajstić information content (AvgIpc) is 3.36. The highest BCUT2D eigenvalue weighted by Gasteiger charge is 2.19. The Labute approximate surface area is 432 Å². The largest absolute Gasteiger partial charge is 0.462 e. The van der Waals surface area contributed by atoms with Gasteiger partial charge in [0.25, 0.3) is 0 Å². The highest BCUT2D eigenvalue weighted by atomic mass is 16.6. The smallest absolute Gasteiger partial charge is 0.306 e. The quantitative estimate of drug-likeness (QED) is 0.0262. The minimum Gasteiger partial charge on any atom is -0.462 e. The van der Waals surface area contributed by atoms with Gasteiger partial charge < -0.3 is 14.2 Å². The van der Waals surface area contributed by atoms with Crippen molar-refractivity contribution in [1.29, 1.82) is 0 Å². The van der Waals surface area contributed by atoms with E-state index in [1.165, 1.54) is 116 Å². The second-order valence-corrected chi connectivity index (χ2v) is 19.2. The molecule has 6 heteroatoms. The number of hydrogen-bond acceptors (Lipinski definition) is 6. The number of rotatable bonds is 52. The SMILES string of the molecule is CC/C=C\C/C=C\C/C=C\C/C=C\C/C=C\C/C=C\CCCCCCC(=O)OCC(COC(=O)CCCCCCC/C=C\CCCCC)OC(=O)CCCCCCCCC/C=C\CCCCCCCC. The summed E-state index contributed by atoms with van der Waals surface area (Å²) in [6.07, 6.45) is 76.8. The van der Waals surface area contributed by atoms with Crippen LogP contribution in [0.5, 0.6) is 0 Å². The molecule has 1 unspecified atom stereocenters. The number of ether oxygens (including phenoxy) is 3. The highest BCUT2D eigenvalue weighted by molar-refractivity contribution is 5.71. The number of esters is 3. The third-order valence-corrected chi connectivity index (χ3v) is 12.3. The minimum atomic E-state index is -0.795. The fourth-order valence-corrected chi connectivity index (χ4v) is 7.91. The van der Waals surface area contributed by atoms with Crippen molar-refractivity contribution in [3.05, 3.63) is 97.2 Å². The Hall–Kier alpha value is -3.67. The van der Waals surface area contributed by atoms with Crippen molar-refractivity contribution in [3.8, 4) is 0 Å². The molecule has 0 heterocycles. The maximum absolute atomic E-state index is 12.9. The topological polar surface area (TPSA) is 78.9 Å². The summed E-state index contributed by atoms with van der Waals surface area (Å²) in [4.78, 5) is 38.1. The second-order valence-electron chi connectivity index (χ2n) is 19.2. The van der Waals surface area contributed by atoms with Crippen LogP contribution in [0, 0.1) is 0 Å². The predicted octanol–water partition coefficient (Wildman–Crippen LogP) is 19.7. The van der Waals surface area contributed by atoms with E-state index in [1.54, 1.807) is 0 Å². The lowest BCUT2D eigenvalue weighted by molar-refractivity contribution is -0.167. The minimum absolute atomic E-state index is 0.0920. The first-order valence-corrected chi connectivity index (χ1v) is 29.2. The summed E-state index contributed by atoms with van der Waals surface area (Å²) in [6, 6.07) is 0. The van der Waals surface area contributed by atoms with Crippen LogP contribution in [-0.4, -0.2) is 37.2 Å². The van der Waals surface area contributed by atoms with Crippen molar-refractivity contribution in [3.63, 3.8) is 0 Å². The van der Waals surface area contributed by atoms with Crippen molar-refractivity contribution in [2.45, 2.75) is 277 Å². The van der Waals surface area contributed by atoms with E-state index >= 15 is 0 Å². The van der Waals surface area contributed by atoms with Crippen LogP contribution in [-0.2, 0) is 28.6 Å². The van der Waals surface area contributed by atoms with E-state index in [0.717, 1.165) is 116 Å². The Kier molecular flexibility index (Phi) is 54.9. The van der Waals surface area contributed by atoms with Crippen LogP contribution in [0.1, 0.15) is 271 Å². The zero-order valence-corrected chi connectivity index (χ0v) is 45.8. The normalized spacial score (nSPS) is 12.8. The van der Waals surface area contributed by atoms with Crippen molar-refractivity contribution in [2.75, 3.05) is 13.2 Å². The molecule has 6 nitrogen and oxygen atoms in total. The molecule has 0 aliphatic carbocycles. The average molecular weight is 974 g/mol. The van der Waals surface area contributed by atoms with Gasteiger partial charge in [-0.25, -0.2) is 0 Å². The third kappa shape index (κ3) is 55.3. The van der Waals surface area contributed by atoms with E-state index in [0.29, 0.717) is 19.3 Å². The van der Waals surface area contributed by atoms with Crippen molar-refractivity contribution in [1.82, 2.24) is 0 Å². The number of carbonyl (C=O) groups excluding carboxylic acids is 3. The van der Waals surface area contributed by atoms with Crippen molar-refractivity contribution >= 4 is 17.9 Å². The zero-order valence-electron chi connectivity index (χ0n) is 45.8. The molecule has 70 heavy (non-hydrogen) atoms. The Balaban J connectivity index is 4.41. The van der Waals surface area contributed by atoms with Crippen LogP contribution in [0.25, 0.3) is 0 Å². The van der Waals surface area contributed by atoms with E-state index in [9.17, 15) is 14.4 Å². The molecular weight excluding hydrogens is 865 g/mol. The van der Waals surface area contributed by atoms with Gasteiger partial charge in [-0.2, -0.15) is 0 Å². The lowest BCUT2D eigenvalue weighted by Gasteiger charge is -2.18. The third-order valence-electron chi connectivity index (χ3n) is 12.3. The molecule has 0 aliphatic heterocycles. The van der Waals surface area contributed by atoms with Gasteiger partial charge in [0.2, 0.25) is 0 Å². The molecule has 0 rings (SSSR count). The Morgan fingerprint density at radius 3 is 0.914 bits per heavy atom.